The fraction of sp³-hybridized carbons (Fsp3) is 0.146. The number of fused-ring (bicyclic) bond motifs is 2. The van der Waals surface area contributed by atoms with Crippen molar-refractivity contribution in [1.82, 2.24) is 5.32 Å². The summed E-state index contributed by atoms with van der Waals surface area (Å²) in [7, 11) is 0. The van der Waals surface area contributed by atoms with Crippen LogP contribution in [-0.2, 0) is 12.8 Å². The maximum Gasteiger partial charge on any atom is 0.336 e. The van der Waals surface area contributed by atoms with E-state index in [2.05, 4.69) is 29.6 Å². The number of hydrogen-bond donors (Lipinski definition) is 2. The van der Waals surface area contributed by atoms with Gasteiger partial charge in [-0.05, 0) is 92.7 Å². The maximum absolute atomic E-state index is 13.7. The molecular formula is C41H33NO4. The Morgan fingerprint density at radius 1 is 0.565 bits per heavy atom. The van der Waals surface area contributed by atoms with Crippen molar-refractivity contribution in [2.24, 2.45) is 0 Å². The lowest BCUT2D eigenvalue weighted by Crippen LogP contribution is -2.26. The van der Waals surface area contributed by atoms with E-state index in [0.29, 0.717) is 35.9 Å². The van der Waals surface area contributed by atoms with Crippen molar-refractivity contribution < 1.29 is 19.5 Å². The number of hydrogen-bond acceptors (Lipinski definition) is 3. The van der Waals surface area contributed by atoms with E-state index in [1.807, 2.05) is 79.7 Å². The van der Waals surface area contributed by atoms with Gasteiger partial charge in [0.15, 0.2) is 5.78 Å². The molecule has 0 fully saturated rings. The molecular weight excluding hydrogens is 570 g/mol. The third-order valence-corrected chi connectivity index (χ3v) is 9.14. The van der Waals surface area contributed by atoms with Crippen LogP contribution in [0, 0.1) is 6.92 Å². The number of Topliss-reactive ketones (excluding diaryl/α,β-unsaturated/α-hetero) is 1. The molecule has 0 bridgehead atoms. The van der Waals surface area contributed by atoms with Crippen LogP contribution in [0.4, 0.5) is 0 Å². The number of carboxylic acids is 1. The first kappa shape index (κ1) is 29.2. The van der Waals surface area contributed by atoms with Crippen LogP contribution in [-0.4, -0.2) is 29.3 Å². The summed E-state index contributed by atoms with van der Waals surface area (Å²) in [6.45, 7) is 2.53. The van der Waals surface area contributed by atoms with Crippen molar-refractivity contribution in [3.63, 3.8) is 0 Å². The molecule has 5 nitrogen and oxygen atoms in total. The van der Waals surface area contributed by atoms with Crippen molar-refractivity contribution >= 4 is 60.7 Å². The van der Waals surface area contributed by atoms with Crippen molar-refractivity contribution in [2.45, 2.75) is 32.6 Å². The first-order chi connectivity index (χ1) is 22.4. The van der Waals surface area contributed by atoms with E-state index in [1.54, 1.807) is 12.1 Å². The molecule has 0 saturated carbocycles. The highest BCUT2D eigenvalue weighted by atomic mass is 16.4. The molecule has 1 amide bonds. The molecule has 0 atom stereocenters. The summed E-state index contributed by atoms with van der Waals surface area (Å²) in [5, 5.41) is 20.1. The minimum atomic E-state index is -1.07. The van der Waals surface area contributed by atoms with Crippen molar-refractivity contribution in [2.75, 3.05) is 6.54 Å². The summed E-state index contributed by atoms with van der Waals surface area (Å²) in [5.41, 5.74) is 4.48. The third-order valence-electron chi connectivity index (χ3n) is 9.14. The first-order valence-corrected chi connectivity index (χ1v) is 15.7. The van der Waals surface area contributed by atoms with Crippen LogP contribution >= 0.6 is 0 Å². The molecule has 0 unspecified atom stereocenters. The molecule has 7 aromatic rings. The van der Waals surface area contributed by atoms with Crippen LogP contribution in [0.1, 0.15) is 60.6 Å². The van der Waals surface area contributed by atoms with Gasteiger partial charge in [0.25, 0.3) is 5.91 Å². The highest BCUT2D eigenvalue weighted by Gasteiger charge is 2.24. The van der Waals surface area contributed by atoms with Gasteiger partial charge in [0.1, 0.15) is 0 Å². The van der Waals surface area contributed by atoms with Gasteiger partial charge in [-0.15, -0.1) is 0 Å². The largest absolute Gasteiger partial charge is 0.478 e. The molecule has 0 heterocycles. The summed E-state index contributed by atoms with van der Waals surface area (Å²) < 4.78 is 0. The minimum absolute atomic E-state index is 0.0653. The van der Waals surface area contributed by atoms with Gasteiger partial charge in [0.2, 0.25) is 0 Å². The number of aromatic carboxylic acids is 1. The van der Waals surface area contributed by atoms with E-state index >= 15 is 0 Å². The molecule has 7 aromatic carbocycles. The lowest BCUT2D eigenvalue weighted by Gasteiger charge is -2.20. The predicted octanol–water partition coefficient (Wildman–Crippen LogP) is 8.92. The number of rotatable bonds is 10. The van der Waals surface area contributed by atoms with Crippen LogP contribution in [0.25, 0.3) is 43.1 Å². The number of carbonyl (C=O) groups excluding carboxylic acids is 2. The van der Waals surface area contributed by atoms with Gasteiger partial charge in [-0.2, -0.15) is 0 Å². The number of benzene rings is 7. The van der Waals surface area contributed by atoms with E-state index in [1.165, 1.54) is 5.56 Å². The maximum atomic E-state index is 13.7. The van der Waals surface area contributed by atoms with Gasteiger partial charge in [-0.1, -0.05) is 97.1 Å². The number of ketones is 1. The fourth-order valence-corrected chi connectivity index (χ4v) is 6.95. The number of carbonyl (C=O) groups is 3. The highest BCUT2D eigenvalue weighted by molar-refractivity contribution is 6.37. The lowest BCUT2D eigenvalue weighted by molar-refractivity contribution is 0.0698. The number of aryl methyl sites for hydroxylation is 2. The zero-order chi connectivity index (χ0) is 31.8. The van der Waals surface area contributed by atoms with Gasteiger partial charge < -0.3 is 10.4 Å². The normalized spacial score (nSPS) is 11.5. The Morgan fingerprint density at radius 3 is 1.70 bits per heavy atom. The van der Waals surface area contributed by atoms with Crippen LogP contribution in [0.5, 0.6) is 0 Å². The molecule has 2 N–H and O–H groups in total. The highest BCUT2D eigenvalue weighted by Crippen LogP contribution is 2.44. The smallest absolute Gasteiger partial charge is 0.336 e. The number of nitrogens with one attached hydrogen (secondary N) is 1. The fourth-order valence-electron chi connectivity index (χ4n) is 6.95. The quantitative estimate of drug-likeness (QED) is 0.0929. The zero-order valence-electron chi connectivity index (χ0n) is 25.6. The van der Waals surface area contributed by atoms with Crippen molar-refractivity contribution in [3.8, 4) is 0 Å². The average molecular weight is 604 g/mol. The van der Waals surface area contributed by atoms with E-state index in [4.69, 9.17) is 0 Å². The minimum Gasteiger partial charge on any atom is -0.478 e. The molecule has 0 aliphatic heterocycles. The van der Waals surface area contributed by atoms with E-state index < -0.39 is 5.97 Å². The monoisotopic (exact) mass is 603 g/mol. The number of amides is 1. The van der Waals surface area contributed by atoms with Gasteiger partial charge in [0, 0.05) is 29.5 Å². The third kappa shape index (κ3) is 5.14. The molecule has 226 valence electrons. The molecule has 0 radical (unpaired) electrons. The Morgan fingerprint density at radius 2 is 1.09 bits per heavy atom. The standard InChI is InChI=1S/C41H33NO4/c1-25-15-16-28-31-19-22-34(41(45)46)39-32(35(43)14-8-13-26-9-4-2-5-10-26)20-17-30(38(31)39)29-18-21-33(36(25)37(28)29)40(44)42-24-23-27-11-6-3-7-12-27/h2-7,9-12,15-22H,8,13-14,23-24H2,1H3,(H,42,44)(H,45,46). The SMILES string of the molecule is Cc1ccc2c3ccc(C(=O)O)c4c(C(=O)CCCc5ccccc5)ccc(c5ccc(C(=O)NCCc6ccccc6)c1c25)c43. The van der Waals surface area contributed by atoms with Gasteiger partial charge >= 0.3 is 5.97 Å². The molecule has 0 aliphatic rings. The van der Waals surface area contributed by atoms with Gasteiger partial charge in [-0.3, -0.25) is 9.59 Å². The Kier molecular flexibility index (Phi) is 7.67. The van der Waals surface area contributed by atoms with Crippen molar-refractivity contribution in [1.29, 1.82) is 0 Å². The Bertz CT molecular complexity index is 2250. The van der Waals surface area contributed by atoms with Crippen molar-refractivity contribution in [3.05, 3.63) is 143 Å². The lowest BCUT2D eigenvalue weighted by atomic mass is 9.83. The summed E-state index contributed by atoms with van der Waals surface area (Å²) >= 11 is 0. The van der Waals surface area contributed by atoms with Crippen LogP contribution < -0.4 is 5.32 Å². The molecule has 0 aromatic heterocycles. The summed E-state index contributed by atoms with van der Waals surface area (Å²) in [6, 6.07) is 35.2. The summed E-state index contributed by atoms with van der Waals surface area (Å²) in [4.78, 5) is 39.8. The van der Waals surface area contributed by atoms with Gasteiger partial charge in [-0.25, -0.2) is 4.79 Å². The summed E-state index contributed by atoms with van der Waals surface area (Å²) in [6.07, 6.45) is 2.50. The number of carboxylic acid groups (broad SMARTS) is 1. The van der Waals surface area contributed by atoms with Crippen LogP contribution in [0.2, 0.25) is 0 Å². The molecule has 0 saturated heterocycles. The molecule has 0 aliphatic carbocycles. The Labute approximate surface area is 266 Å². The zero-order valence-corrected chi connectivity index (χ0v) is 25.6. The first-order valence-electron chi connectivity index (χ1n) is 15.7. The topological polar surface area (TPSA) is 83.5 Å². The predicted molar refractivity (Wildman–Crippen MR) is 186 cm³/mol. The second kappa shape index (κ2) is 12.1. The average Bonchev–Trinajstić information content (AvgIpc) is 3.08. The van der Waals surface area contributed by atoms with Crippen LogP contribution in [0.15, 0.2) is 109 Å². The van der Waals surface area contributed by atoms with Crippen LogP contribution in [0.3, 0.4) is 0 Å². The Balaban J connectivity index is 1.33. The molecule has 5 heteroatoms. The molecule has 46 heavy (non-hydrogen) atoms. The summed E-state index contributed by atoms with van der Waals surface area (Å²) in [5.74, 6) is -1.26. The second-order valence-electron chi connectivity index (χ2n) is 12.0. The second-order valence-corrected chi connectivity index (χ2v) is 12.0. The Hall–Kier alpha value is -5.55. The van der Waals surface area contributed by atoms with E-state index in [0.717, 1.165) is 61.7 Å². The van der Waals surface area contributed by atoms with E-state index in [-0.39, 0.29) is 17.3 Å². The van der Waals surface area contributed by atoms with Gasteiger partial charge in [0.05, 0.1) is 5.56 Å². The van der Waals surface area contributed by atoms with E-state index in [9.17, 15) is 19.5 Å². The molecule has 7 rings (SSSR count). The molecule has 0 spiro atoms.